The zero-order chi connectivity index (χ0) is 19.1. The number of rotatable bonds is 4. The van der Waals surface area contributed by atoms with Crippen molar-refractivity contribution in [3.8, 4) is 11.4 Å². The van der Waals surface area contributed by atoms with E-state index in [9.17, 15) is 4.39 Å². The maximum Gasteiger partial charge on any atom is 0.184 e. The van der Waals surface area contributed by atoms with Gasteiger partial charge in [-0.2, -0.15) is 5.10 Å². The molecule has 0 spiro atoms. The Hall–Kier alpha value is -4.00. The first kappa shape index (κ1) is 16.2. The number of aromatic nitrogens is 5. The number of halogens is 1. The van der Waals surface area contributed by atoms with Crippen LogP contribution in [0.4, 0.5) is 15.9 Å². The van der Waals surface area contributed by atoms with E-state index in [0.29, 0.717) is 11.5 Å². The maximum atomic E-state index is 14.3. The number of benzene rings is 2. The van der Waals surface area contributed by atoms with Gasteiger partial charge in [0.25, 0.3) is 0 Å². The van der Waals surface area contributed by atoms with Gasteiger partial charge < -0.3 is 10.3 Å². The highest BCUT2D eigenvalue weighted by Gasteiger charge is 2.11. The van der Waals surface area contributed by atoms with E-state index in [0.717, 1.165) is 33.1 Å². The summed E-state index contributed by atoms with van der Waals surface area (Å²) < 4.78 is 14.3. The first-order valence-electron chi connectivity index (χ1n) is 8.68. The highest BCUT2D eigenvalue weighted by atomic mass is 19.1. The summed E-state index contributed by atoms with van der Waals surface area (Å²) >= 11 is 0. The van der Waals surface area contributed by atoms with E-state index in [1.807, 2.05) is 42.5 Å². The predicted octanol–water partition coefficient (Wildman–Crippen LogP) is 5.03. The number of hydrogen-bond donors (Lipinski definition) is 3. The quantitative estimate of drug-likeness (QED) is 0.414. The second-order valence-corrected chi connectivity index (χ2v) is 6.42. The highest BCUT2D eigenvalue weighted by Crippen LogP contribution is 2.26. The average Bonchev–Trinajstić information content (AvgIpc) is 3.34. The van der Waals surface area contributed by atoms with Gasteiger partial charge in [-0.3, -0.25) is 5.10 Å². The SMILES string of the molecule is C=Cc1cc2ccc(-c3ncc(F)c(Nc4ccc5[nH]ncc5c4)n3)cc2[nH]1. The monoisotopic (exact) mass is 370 g/mol. The molecule has 5 aromatic rings. The van der Waals surface area contributed by atoms with Crippen molar-refractivity contribution in [2.75, 3.05) is 5.32 Å². The first-order valence-corrected chi connectivity index (χ1v) is 8.68. The van der Waals surface area contributed by atoms with Crippen LogP contribution in [0.3, 0.4) is 0 Å². The van der Waals surface area contributed by atoms with Gasteiger partial charge in [-0.25, -0.2) is 14.4 Å². The Balaban J connectivity index is 1.52. The van der Waals surface area contributed by atoms with Gasteiger partial charge in [-0.05, 0) is 36.4 Å². The topological polar surface area (TPSA) is 82.3 Å². The van der Waals surface area contributed by atoms with E-state index in [2.05, 4.69) is 37.0 Å². The molecule has 0 saturated carbocycles. The molecular formula is C21H15FN6. The normalized spacial score (nSPS) is 11.2. The smallest absolute Gasteiger partial charge is 0.184 e. The molecule has 0 aliphatic carbocycles. The van der Waals surface area contributed by atoms with Crippen LogP contribution in [-0.2, 0) is 0 Å². The Kier molecular flexibility index (Phi) is 3.65. The molecule has 2 aromatic carbocycles. The van der Waals surface area contributed by atoms with E-state index in [-0.39, 0.29) is 5.82 Å². The van der Waals surface area contributed by atoms with E-state index in [4.69, 9.17) is 0 Å². The van der Waals surface area contributed by atoms with Gasteiger partial charge in [-0.1, -0.05) is 18.7 Å². The lowest BCUT2D eigenvalue weighted by molar-refractivity contribution is 0.619. The van der Waals surface area contributed by atoms with Gasteiger partial charge in [-0.15, -0.1) is 0 Å². The van der Waals surface area contributed by atoms with Crippen LogP contribution in [0.25, 0.3) is 39.3 Å². The van der Waals surface area contributed by atoms with Gasteiger partial charge in [0, 0.05) is 33.2 Å². The average molecular weight is 370 g/mol. The third-order valence-electron chi connectivity index (χ3n) is 4.57. The number of hydrogen-bond acceptors (Lipinski definition) is 4. The van der Waals surface area contributed by atoms with Gasteiger partial charge >= 0.3 is 0 Å². The third-order valence-corrected chi connectivity index (χ3v) is 4.57. The largest absolute Gasteiger partial charge is 0.355 e. The molecule has 0 aliphatic heterocycles. The van der Waals surface area contributed by atoms with Crippen LogP contribution in [-0.4, -0.2) is 25.1 Å². The number of nitrogens with zero attached hydrogens (tertiary/aromatic N) is 3. The van der Waals surface area contributed by atoms with Crippen LogP contribution in [0.5, 0.6) is 0 Å². The lowest BCUT2D eigenvalue weighted by Crippen LogP contribution is -2.00. The lowest BCUT2D eigenvalue weighted by atomic mass is 10.1. The number of H-pyrrole nitrogens is 2. The van der Waals surface area contributed by atoms with Crippen molar-refractivity contribution in [1.82, 2.24) is 25.1 Å². The molecule has 0 saturated heterocycles. The van der Waals surface area contributed by atoms with Crippen molar-refractivity contribution < 1.29 is 4.39 Å². The zero-order valence-corrected chi connectivity index (χ0v) is 14.7. The van der Waals surface area contributed by atoms with E-state index < -0.39 is 5.82 Å². The fourth-order valence-electron chi connectivity index (χ4n) is 3.15. The van der Waals surface area contributed by atoms with Gasteiger partial charge in [0.2, 0.25) is 0 Å². The molecular weight excluding hydrogens is 355 g/mol. The molecule has 3 aromatic heterocycles. The van der Waals surface area contributed by atoms with E-state index in [1.165, 1.54) is 6.20 Å². The summed E-state index contributed by atoms with van der Waals surface area (Å²) in [6.45, 7) is 3.77. The maximum absolute atomic E-state index is 14.3. The summed E-state index contributed by atoms with van der Waals surface area (Å²) in [6.07, 6.45) is 4.65. The van der Waals surface area contributed by atoms with Gasteiger partial charge in [0.05, 0.1) is 17.9 Å². The van der Waals surface area contributed by atoms with Crippen LogP contribution < -0.4 is 5.32 Å². The molecule has 5 rings (SSSR count). The van der Waals surface area contributed by atoms with Crippen LogP contribution >= 0.6 is 0 Å². The fourth-order valence-corrected chi connectivity index (χ4v) is 3.15. The highest BCUT2D eigenvalue weighted by molar-refractivity contribution is 5.86. The van der Waals surface area contributed by atoms with E-state index >= 15 is 0 Å². The summed E-state index contributed by atoms with van der Waals surface area (Å²) in [6, 6.07) is 13.4. The van der Waals surface area contributed by atoms with Crippen LogP contribution in [0, 0.1) is 5.82 Å². The number of fused-ring (bicyclic) bond motifs is 2. The molecule has 7 heteroatoms. The summed E-state index contributed by atoms with van der Waals surface area (Å²) in [4.78, 5) is 11.8. The van der Waals surface area contributed by atoms with Crippen LogP contribution in [0.15, 0.2) is 61.4 Å². The van der Waals surface area contributed by atoms with Gasteiger partial charge in [0.1, 0.15) is 0 Å². The molecule has 0 aliphatic rings. The van der Waals surface area contributed by atoms with Crippen molar-refractivity contribution in [2.24, 2.45) is 0 Å². The Morgan fingerprint density at radius 3 is 2.82 bits per heavy atom. The lowest BCUT2D eigenvalue weighted by Gasteiger charge is -2.08. The van der Waals surface area contributed by atoms with E-state index in [1.54, 1.807) is 12.3 Å². The second kappa shape index (κ2) is 6.31. The van der Waals surface area contributed by atoms with Crippen LogP contribution in [0.1, 0.15) is 5.69 Å². The minimum absolute atomic E-state index is 0.117. The molecule has 0 fully saturated rings. The molecule has 0 unspecified atom stereocenters. The zero-order valence-electron chi connectivity index (χ0n) is 14.7. The summed E-state index contributed by atoms with van der Waals surface area (Å²) in [5.41, 5.74) is 4.29. The molecule has 6 nitrogen and oxygen atoms in total. The number of nitrogens with one attached hydrogen (secondary N) is 3. The first-order chi connectivity index (χ1) is 13.7. The summed E-state index contributed by atoms with van der Waals surface area (Å²) in [5, 5.41) is 11.9. The van der Waals surface area contributed by atoms with Crippen LogP contribution in [0.2, 0.25) is 0 Å². The molecule has 0 bridgehead atoms. The molecule has 28 heavy (non-hydrogen) atoms. The third kappa shape index (κ3) is 2.79. The van der Waals surface area contributed by atoms with Crippen molar-refractivity contribution in [1.29, 1.82) is 0 Å². The molecule has 0 atom stereocenters. The Labute approximate surface area is 159 Å². The van der Waals surface area contributed by atoms with Crippen molar-refractivity contribution in [2.45, 2.75) is 0 Å². The summed E-state index contributed by atoms with van der Waals surface area (Å²) in [5.74, 6) is 0.0297. The Morgan fingerprint density at radius 2 is 1.93 bits per heavy atom. The summed E-state index contributed by atoms with van der Waals surface area (Å²) in [7, 11) is 0. The number of aromatic amines is 2. The molecule has 136 valence electrons. The minimum Gasteiger partial charge on any atom is -0.355 e. The van der Waals surface area contributed by atoms with Gasteiger partial charge in [0.15, 0.2) is 17.5 Å². The molecule has 3 N–H and O–H groups in total. The van der Waals surface area contributed by atoms with Crippen molar-refractivity contribution in [3.05, 3.63) is 72.9 Å². The molecule has 0 amide bonds. The van der Waals surface area contributed by atoms with Crippen molar-refractivity contribution >= 4 is 39.4 Å². The molecule has 0 radical (unpaired) electrons. The molecule has 3 heterocycles. The standard InChI is InChI=1S/C21H15FN6/c1-2-15-7-12-3-4-13(9-19(12)25-15)20-23-11-17(22)21(27-20)26-16-5-6-18-14(8-16)10-24-28-18/h2-11,25H,1H2,(H,24,28)(H,23,26,27). The second-order valence-electron chi connectivity index (χ2n) is 6.42. The number of anilines is 2. The fraction of sp³-hybridized carbons (Fsp3) is 0. The Morgan fingerprint density at radius 1 is 1.00 bits per heavy atom. The minimum atomic E-state index is -0.522. The van der Waals surface area contributed by atoms with Crippen molar-refractivity contribution in [3.63, 3.8) is 0 Å². The Bertz CT molecular complexity index is 1330. The predicted molar refractivity (Wildman–Crippen MR) is 109 cm³/mol.